The van der Waals surface area contributed by atoms with Crippen LogP contribution in [-0.2, 0) is 4.74 Å². The van der Waals surface area contributed by atoms with Gasteiger partial charge in [0.15, 0.2) is 0 Å². The number of hydrogen-bond donors (Lipinski definition) is 0. The predicted octanol–water partition coefficient (Wildman–Crippen LogP) is 4.75. The zero-order chi connectivity index (χ0) is 14.0. The molecule has 2 heteroatoms. The van der Waals surface area contributed by atoms with E-state index in [2.05, 4.69) is 18.0 Å². The third kappa shape index (κ3) is 4.39. The number of aliphatic imine (C=N–C) groups is 1. The smallest absolute Gasteiger partial charge is 0.221 e. The zero-order valence-corrected chi connectivity index (χ0v) is 11.7. The van der Waals surface area contributed by atoms with Crippen LogP contribution in [-0.4, -0.2) is 12.5 Å². The Bertz CT molecular complexity index is 558. The second-order valence-corrected chi connectivity index (χ2v) is 4.31. The van der Waals surface area contributed by atoms with Crippen molar-refractivity contribution in [2.75, 3.05) is 6.61 Å². The maximum Gasteiger partial charge on any atom is 0.221 e. The number of benzene rings is 2. The first-order valence-electron chi connectivity index (χ1n) is 6.87. The molecule has 20 heavy (non-hydrogen) atoms. The Balaban J connectivity index is 2.20. The number of hydrogen-bond acceptors (Lipinski definition) is 2. The molecule has 0 saturated heterocycles. The topological polar surface area (TPSA) is 21.6 Å². The minimum atomic E-state index is 0.536. The molecule has 0 aliphatic carbocycles. The Labute approximate surface area is 120 Å². The van der Waals surface area contributed by atoms with Crippen LogP contribution in [0.25, 0.3) is 0 Å². The van der Waals surface area contributed by atoms with Gasteiger partial charge in [0.2, 0.25) is 5.90 Å². The van der Waals surface area contributed by atoms with E-state index in [1.165, 1.54) is 0 Å². The van der Waals surface area contributed by atoms with Gasteiger partial charge in [0.1, 0.15) is 6.61 Å². The molecule has 0 amide bonds. The van der Waals surface area contributed by atoms with Crippen molar-refractivity contribution in [3.8, 4) is 0 Å². The number of allylic oxidation sites excluding steroid dienone is 1. The van der Waals surface area contributed by atoms with Crippen molar-refractivity contribution in [2.45, 2.75) is 13.3 Å². The highest BCUT2D eigenvalue weighted by Gasteiger charge is 2.03. The van der Waals surface area contributed by atoms with Crippen LogP contribution >= 0.6 is 0 Å². The molecule has 2 rings (SSSR count). The van der Waals surface area contributed by atoms with Gasteiger partial charge in [0, 0.05) is 5.56 Å². The summed E-state index contributed by atoms with van der Waals surface area (Å²) in [6.07, 6.45) is 5.12. The Kier molecular flexibility index (Phi) is 5.59. The van der Waals surface area contributed by atoms with E-state index >= 15 is 0 Å². The van der Waals surface area contributed by atoms with Crippen molar-refractivity contribution in [1.29, 1.82) is 0 Å². The molecule has 102 valence electrons. The molecule has 2 aromatic carbocycles. The minimum Gasteiger partial charge on any atom is -0.473 e. The number of rotatable bonds is 5. The molecule has 0 unspecified atom stereocenters. The maximum absolute atomic E-state index is 5.80. The molecule has 0 atom stereocenters. The molecule has 0 N–H and O–H groups in total. The average molecular weight is 265 g/mol. The Morgan fingerprint density at radius 3 is 2.25 bits per heavy atom. The highest BCUT2D eigenvalue weighted by Crippen LogP contribution is 2.14. The van der Waals surface area contributed by atoms with Gasteiger partial charge in [-0.1, -0.05) is 55.5 Å². The predicted molar refractivity (Wildman–Crippen MR) is 84.5 cm³/mol. The van der Waals surface area contributed by atoms with Crippen molar-refractivity contribution < 1.29 is 4.74 Å². The third-order valence-electron chi connectivity index (χ3n) is 2.73. The second kappa shape index (κ2) is 7.95. The standard InChI is InChI=1S/C18H19NO/c1-2-3-10-15-20-18(16-11-6-4-7-12-16)19-17-13-8-5-9-14-17/h3-14H,2,15H2,1H3/b10-3+,19-18?. The molecule has 0 aromatic heterocycles. The molecule has 0 bridgehead atoms. The molecule has 2 nitrogen and oxygen atoms in total. The summed E-state index contributed by atoms with van der Waals surface area (Å²) in [6.45, 7) is 2.64. The summed E-state index contributed by atoms with van der Waals surface area (Å²) in [4.78, 5) is 4.59. The summed E-state index contributed by atoms with van der Waals surface area (Å²) in [5.41, 5.74) is 1.88. The van der Waals surface area contributed by atoms with Gasteiger partial charge in [0.25, 0.3) is 0 Å². The monoisotopic (exact) mass is 265 g/mol. The van der Waals surface area contributed by atoms with Gasteiger partial charge in [-0.2, -0.15) is 0 Å². The van der Waals surface area contributed by atoms with Gasteiger partial charge in [0.05, 0.1) is 5.69 Å². The van der Waals surface area contributed by atoms with E-state index in [4.69, 9.17) is 4.74 Å². The van der Waals surface area contributed by atoms with E-state index in [-0.39, 0.29) is 0 Å². The van der Waals surface area contributed by atoms with Crippen LogP contribution in [0.3, 0.4) is 0 Å². The van der Waals surface area contributed by atoms with Crippen LogP contribution in [0, 0.1) is 0 Å². The first kappa shape index (κ1) is 14.1. The van der Waals surface area contributed by atoms with Crippen molar-refractivity contribution in [2.24, 2.45) is 4.99 Å². The van der Waals surface area contributed by atoms with Crippen molar-refractivity contribution in [3.05, 3.63) is 78.4 Å². The summed E-state index contributed by atoms with van der Waals surface area (Å²) in [7, 11) is 0. The molecule has 0 saturated carbocycles. The Morgan fingerprint density at radius 1 is 0.950 bits per heavy atom. The highest BCUT2D eigenvalue weighted by atomic mass is 16.5. The zero-order valence-electron chi connectivity index (χ0n) is 11.7. The lowest BCUT2D eigenvalue weighted by Gasteiger charge is -2.07. The lowest BCUT2D eigenvalue weighted by Crippen LogP contribution is -2.06. The van der Waals surface area contributed by atoms with Gasteiger partial charge in [-0.25, -0.2) is 4.99 Å². The minimum absolute atomic E-state index is 0.536. The second-order valence-electron chi connectivity index (χ2n) is 4.31. The van der Waals surface area contributed by atoms with Crippen LogP contribution in [0.1, 0.15) is 18.9 Å². The molecular formula is C18H19NO. The number of para-hydroxylation sites is 1. The molecule has 0 aliphatic heterocycles. The summed E-state index contributed by atoms with van der Waals surface area (Å²) >= 11 is 0. The van der Waals surface area contributed by atoms with Crippen LogP contribution in [0.4, 0.5) is 5.69 Å². The quantitative estimate of drug-likeness (QED) is 0.434. The fraction of sp³-hybridized carbons (Fsp3) is 0.167. The van der Waals surface area contributed by atoms with Gasteiger partial charge in [-0.15, -0.1) is 0 Å². The normalized spacial score (nSPS) is 11.8. The largest absolute Gasteiger partial charge is 0.473 e. The van der Waals surface area contributed by atoms with Gasteiger partial charge >= 0.3 is 0 Å². The molecule has 0 aliphatic rings. The molecule has 0 fully saturated rings. The van der Waals surface area contributed by atoms with Crippen LogP contribution < -0.4 is 0 Å². The van der Waals surface area contributed by atoms with Gasteiger partial charge in [-0.3, -0.25) is 0 Å². The number of nitrogens with zero attached hydrogens (tertiary/aromatic N) is 1. The van der Waals surface area contributed by atoms with Crippen molar-refractivity contribution in [1.82, 2.24) is 0 Å². The Hall–Kier alpha value is -2.35. The van der Waals surface area contributed by atoms with Crippen molar-refractivity contribution >= 4 is 11.6 Å². The first-order chi connectivity index (χ1) is 9.90. The summed E-state index contributed by atoms with van der Waals surface area (Å²) < 4.78 is 5.80. The van der Waals surface area contributed by atoms with E-state index in [0.717, 1.165) is 17.7 Å². The Morgan fingerprint density at radius 2 is 1.60 bits per heavy atom. The molecule has 2 aromatic rings. The maximum atomic E-state index is 5.80. The van der Waals surface area contributed by atoms with Crippen LogP contribution in [0.2, 0.25) is 0 Å². The molecule has 0 spiro atoms. The first-order valence-corrected chi connectivity index (χ1v) is 6.87. The lowest BCUT2D eigenvalue weighted by molar-refractivity contribution is 0.351. The van der Waals surface area contributed by atoms with Crippen LogP contribution in [0.15, 0.2) is 77.8 Å². The van der Waals surface area contributed by atoms with E-state index in [9.17, 15) is 0 Å². The fourth-order valence-corrected chi connectivity index (χ4v) is 1.74. The van der Waals surface area contributed by atoms with E-state index < -0.39 is 0 Å². The molecule has 0 heterocycles. The summed E-state index contributed by atoms with van der Waals surface area (Å²) in [5, 5.41) is 0. The lowest BCUT2D eigenvalue weighted by atomic mass is 10.2. The van der Waals surface area contributed by atoms with Gasteiger partial charge < -0.3 is 4.74 Å². The van der Waals surface area contributed by atoms with Gasteiger partial charge in [-0.05, 0) is 30.7 Å². The summed E-state index contributed by atoms with van der Waals surface area (Å²) in [6, 6.07) is 19.8. The molecule has 0 radical (unpaired) electrons. The summed E-state index contributed by atoms with van der Waals surface area (Å²) in [5.74, 6) is 0.651. The van der Waals surface area contributed by atoms with E-state index in [1.807, 2.05) is 66.7 Å². The molecular weight excluding hydrogens is 246 g/mol. The third-order valence-corrected chi connectivity index (χ3v) is 2.73. The highest BCUT2D eigenvalue weighted by molar-refractivity contribution is 5.95. The van der Waals surface area contributed by atoms with E-state index in [1.54, 1.807) is 0 Å². The fourth-order valence-electron chi connectivity index (χ4n) is 1.74. The number of ether oxygens (including phenoxy) is 1. The van der Waals surface area contributed by atoms with Crippen molar-refractivity contribution in [3.63, 3.8) is 0 Å². The SMILES string of the molecule is CC/C=C/COC(=Nc1ccccc1)c1ccccc1. The van der Waals surface area contributed by atoms with Crippen LogP contribution in [0.5, 0.6) is 0 Å². The van der Waals surface area contributed by atoms with E-state index in [0.29, 0.717) is 12.5 Å². The average Bonchev–Trinajstić information content (AvgIpc) is 2.52.